The summed E-state index contributed by atoms with van der Waals surface area (Å²) in [5.74, 6) is 0. The van der Waals surface area contributed by atoms with Gasteiger partial charge in [-0.1, -0.05) is 0 Å². The second-order valence-electron chi connectivity index (χ2n) is 8.92. The fourth-order valence-corrected chi connectivity index (χ4v) is 4.23. The van der Waals surface area contributed by atoms with Crippen LogP contribution in [-0.2, 0) is 15.7 Å². The lowest BCUT2D eigenvalue weighted by Gasteiger charge is -2.54. The standard InChI is InChI=1S/C17H32N2O3S/c1-15(2,3)22-14(20)19-11-9-17(10-12-19)8-7-13(17)18-23(21)16(4,5)6/h13,18H,7-12H2,1-6H3/t13-,23-/m0/s1. The van der Waals surface area contributed by atoms with E-state index in [2.05, 4.69) is 4.72 Å². The van der Waals surface area contributed by atoms with E-state index in [0.717, 1.165) is 38.8 Å². The van der Waals surface area contributed by atoms with Gasteiger partial charge in [0.15, 0.2) is 0 Å². The van der Waals surface area contributed by atoms with Crippen LogP contribution in [0.15, 0.2) is 0 Å². The van der Waals surface area contributed by atoms with Crippen molar-refractivity contribution in [2.24, 2.45) is 5.41 Å². The fourth-order valence-electron chi connectivity index (χ4n) is 3.25. The van der Waals surface area contributed by atoms with E-state index in [0.29, 0.717) is 6.04 Å². The highest BCUT2D eigenvalue weighted by molar-refractivity contribution is 7.84. The predicted octanol–water partition coefficient (Wildman–Crippen LogP) is 3.22. The first-order valence-electron chi connectivity index (χ1n) is 8.59. The summed E-state index contributed by atoms with van der Waals surface area (Å²) in [5, 5.41) is 0. The molecule has 23 heavy (non-hydrogen) atoms. The molecule has 2 aliphatic rings. The van der Waals surface area contributed by atoms with Crippen LogP contribution < -0.4 is 4.72 Å². The van der Waals surface area contributed by atoms with E-state index in [1.807, 2.05) is 46.4 Å². The third-order valence-electron chi connectivity index (χ3n) is 4.89. The smallest absolute Gasteiger partial charge is 0.410 e. The normalized spacial score (nSPS) is 25.8. The van der Waals surface area contributed by atoms with E-state index < -0.39 is 16.6 Å². The Morgan fingerprint density at radius 3 is 2.09 bits per heavy atom. The molecule has 0 aromatic heterocycles. The van der Waals surface area contributed by atoms with Crippen molar-refractivity contribution in [1.29, 1.82) is 0 Å². The second kappa shape index (κ2) is 6.36. The lowest BCUT2D eigenvalue weighted by Crippen LogP contribution is -2.60. The summed E-state index contributed by atoms with van der Waals surface area (Å²) in [5.41, 5.74) is -0.240. The van der Waals surface area contributed by atoms with Crippen LogP contribution in [0, 0.1) is 5.41 Å². The molecule has 6 heteroatoms. The Kier molecular flexibility index (Phi) is 5.17. The van der Waals surface area contributed by atoms with Crippen molar-refractivity contribution in [2.75, 3.05) is 13.1 Å². The largest absolute Gasteiger partial charge is 0.444 e. The summed E-state index contributed by atoms with van der Waals surface area (Å²) in [7, 11) is -1.03. The number of carbonyl (C=O) groups is 1. The van der Waals surface area contributed by atoms with E-state index in [-0.39, 0.29) is 16.3 Å². The summed E-state index contributed by atoms with van der Waals surface area (Å²) in [6, 6.07) is 0.309. The average Bonchev–Trinajstić information content (AvgIpc) is 2.40. The van der Waals surface area contributed by atoms with Crippen LogP contribution in [0.1, 0.15) is 67.2 Å². The van der Waals surface area contributed by atoms with Crippen molar-refractivity contribution in [2.45, 2.75) is 83.6 Å². The third-order valence-corrected chi connectivity index (χ3v) is 6.50. The molecule has 0 bridgehead atoms. The zero-order chi connectivity index (χ0) is 17.5. The van der Waals surface area contributed by atoms with Gasteiger partial charge in [0.2, 0.25) is 0 Å². The first kappa shape index (κ1) is 18.7. The Morgan fingerprint density at radius 2 is 1.70 bits per heavy atom. The van der Waals surface area contributed by atoms with Gasteiger partial charge < -0.3 is 9.64 Å². The molecule has 1 aliphatic heterocycles. The van der Waals surface area contributed by atoms with Gasteiger partial charge in [0, 0.05) is 19.1 Å². The quantitative estimate of drug-likeness (QED) is 0.837. The minimum absolute atomic E-state index is 0.208. The van der Waals surface area contributed by atoms with Gasteiger partial charge in [-0.3, -0.25) is 0 Å². The summed E-state index contributed by atoms with van der Waals surface area (Å²) in [4.78, 5) is 14.0. The number of nitrogens with zero attached hydrogens (tertiary/aromatic N) is 1. The maximum Gasteiger partial charge on any atom is 0.410 e. The summed E-state index contributed by atoms with van der Waals surface area (Å²) in [6.07, 6.45) is 3.95. The Bertz CT molecular complexity index is 471. The lowest BCUT2D eigenvalue weighted by molar-refractivity contribution is -0.0181. The van der Waals surface area contributed by atoms with Crippen molar-refractivity contribution >= 4 is 17.1 Å². The topological polar surface area (TPSA) is 58.6 Å². The van der Waals surface area contributed by atoms with Gasteiger partial charge in [0.1, 0.15) is 5.60 Å². The second-order valence-corrected chi connectivity index (χ2v) is 10.9. The van der Waals surface area contributed by atoms with Crippen LogP contribution in [0.5, 0.6) is 0 Å². The third kappa shape index (κ3) is 4.47. The van der Waals surface area contributed by atoms with Gasteiger partial charge >= 0.3 is 6.09 Å². The van der Waals surface area contributed by atoms with Crippen LogP contribution in [0.2, 0.25) is 0 Å². The van der Waals surface area contributed by atoms with Crippen molar-refractivity contribution in [3.8, 4) is 0 Å². The Balaban J connectivity index is 1.88. The van der Waals surface area contributed by atoms with Crippen LogP contribution >= 0.6 is 0 Å². The Hall–Kier alpha value is -0.620. The molecular weight excluding hydrogens is 312 g/mol. The van der Waals surface area contributed by atoms with Crippen molar-refractivity contribution in [3.63, 3.8) is 0 Å². The van der Waals surface area contributed by atoms with Crippen molar-refractivity contribution in [3.05, 3.63) is 0 Å². The molecule has 1 saturated heterocycles. The van der Waals surface area contributed by atoms with Crippen LogP contribution in [0.4, 0.5) is 4.79 Å². The molecule has 2 atom stereocenters. The molecule has 0 radical (unpaired) electrons. The highest BCUT2D eigenvalue weighted by Gasteiger charge is 2.50. The predicted molar refractivity (Wildman–Crippen MR) is 93.5 cm³/mol. The molecule has 1 aliphatic carbocycles. The van der Waals surface area contributed by atoms with E-state index in [1.54, 1.807) is 0 Å². The number of nitrogens with one attached hydrogen (secondary N) is 1. The molecule has 1 spiro atoms. The average molecular weight is 345 g/mol. The molecule has 0 aromatic rings. The molecule has 1 amide bonds. The number of piperidine rings is 1. The lowest BCUT2D eigenvalue weighted by atomic mass is 9.60. The first-order chi connectivity index (χ1) is 10.4. The highest BCUT2D eigenvalue weighted by Crippen LogP contribution is 2.49. The van der Waals surface area contributed by atoms with Gasteiger partial charge in [-0.15, -0.1) is 0 Å². The number of amides is 1. The zero-order valence-corrected chi connectivity index (χ0v) is 16.2. The summed E-state index contributed by atoms with van der Waals surface area (Å²) < 4.78 is 20.9. The Labute approximate surface area is 143 Å². The van der Waals surface area contributed by atoms with E-state index >= 15 is 0 Å². The minimum Gasteiger partial charge on any atom is -0.444 e. The molecule has 5 nitrogen and oxygen atoms in total. The van der Waals surface area contributed by atoms with Gasteiger partial charge in [-0.2, -0.15) is 0 Å². The molecular formula is C17H32N2O3S. The van der Waals surface area contributed by atoms with Crippen molar-refractivity contribution < 1.29 is 13.7 Å². The molecule has 134 valence electrons. The molecule has 1 saturated carbocycles. The maximum absolute atomic E-state index is 12.3. The molecule has 1 N–H and O–H groups in total. The van der Waals surface area contributed by atoms with Gasteiger partial charge in [-0.05, 0) is 72.6 Å². The number of likely N-dealkylation sites (tertiary alicyclic amines) is 1. The molecule has 1 heterocycles. The molecule has 0 aromatic carbocycles. The van der Waals surface area contributed by atoms with Crippen LogP contribution in [-0.4, -0.2) is 44.7 Å². The van der Waals surface area contributed by atoms with Gasteiger partial charge in [0.25, 0.3) is 0 Å². The number of ether oxygens (including phenoxy) is 1. The van der Waals surface area contributed by atoms with Crippen LogP contribution in [0.3, 0.4) is 0 Å². The van der Waals surface area contributed by atoms with E-state index in [9.17, 15) is 9.00 Å². The van der Waals surface area contributed by atoms with E-state index in [4.69, 9.17) is 4.74 Å². The molecule has 2 fully saturated rings. The number of rotatable bonds is 2. The minimum atomic E-state index is -1.03. The summed E-state index contributed by atoms with van der Waals surface area (Å²) in [6.45, 7) is 13.1. The highest BCUT2D eigenvalue weighted by atomic mass is 32.2. The number of hydrogen-bond donors (Lipinski definition) is 1. The van der Waals surface area contributed by atoms with E-state index in [1.165, 1.54) is 0 Å². The Morgan fingerprint density at radius 1 is 1.13 bits per heavy atom. The number of hydrogen-bond acceptors (Lipinski definition) is 3. The van der Waals surface area contributed by atoms with Crippen molar-refractivity contribution in [1.82, 2.24) is 9.62 Å². The zero-order valence-electron chi connectivity index (χ0n) is 15.4. The monoisotopic (exact) mass is 344 g/mol. The van der Waals surface area contributed by atoms with Crippen LogP contribution in [0.25, 0.3) is 0 Å². The SMILES string of the molecule is CC(C)(C)OC(=O)N1CCC2(CC[C@@H]2N[S@@](=O)C(C)(C)C)CC1. The van der Waals surface area contributed by atoms with Gasteiger partial charge in [-0.25, -0.2) is 13.7 Å². The fraction of sp³-hybridized carbons (Fsp3) is 0.941. The first-order valence-corrected chi connectivity index (χ1v) is 9.74. The van der Waals surface area contributed by atoms with Gasteiger partial charge in [0.05, 0.1) is 15.7 Å². The maximum atomic E-state index is 12.3. The number of carbonyl (C=O) groups excluding carboxylic acids is 1. The molecule has 2 rings (SSSR count). The molecule has 0 unspecified atom stereocenters. The summed E-state index contributed by atoms with van der Waals surface area (Å²) >= 11 is 0.